The fraction of sp³-hybridized carbons (Fsp3) is 0.214. The van der Waals surface area contributed by atoms with Gasteiger partial charge in [0.15, 0.2) is 5.78 Å². The number of para-hydroxylation sites is 1. The Hall–Kier alpha value is -4.13. The predicted octanol–water partition coefficient (Wildman–Crippen LogP) is 4.95. The average molecular weight is 472 g/mol. The van der Waals surface area contributed by atoms with Crippen molar-refractivity contribution < 1.29 is 18.7 Å². The van der Waals surface area contributed by atoms with Gasteiger partial charge in [-0.1, -0.05) is 12.1 Å². The molecule has 35 heavy (non-hydrogen) atoms. The van der Waals surface area contributed by atoms with Gasteiger partial charge in [-0.05, 0) is 54.6 Å². The van der Waals surface area contributed by atoms with E-state index in [-0.39, 0.29) is 11.6 Å². The Balaban J connectivity index is 1.54. The summed E-state index contributed by atoms with van der Waals surface area (Å²) in [5.74, 6) is 1.04. The molecule has 3 aromatic carbocycles. The van der Waals surface area contributed by atoms with Gasteiger partial charge in [-0.2, -0.15) is 0 Å². The van der Waals surface area contributed by atoms with E-state index < -0.39 is 0 Å². The number of anilines is 2. The van der Waals surface area contributed by atoms with Gasteiger partial charge in [0.05, 0.1) is 36.7 Å². The molecule has 2 heterocycles. The van der Waals surface area contributed by atoms with Gasteiger partial charge in [0.25, 0.3) is 0 Å². The molecule has 1 aromatic heterocycles. The van der Waals surface area contributed by atoms with Gasteiger partial charge < -0.3 is 19.3 Å². The molecule has 0 atom stereocenters. The van der Waals surface area contributed by atoms with Gasteiger partial charge in [0.1, 0.15) is 17.3 Å². The fourth-order valence-electron chi connectivity index (χ4n) is 4.57. The number of halogens is 1. The highest BCUT2D eigenvalue weighted by Crippen LogP contribution is 2.35. The summed E-state index contributed by atoms with van der Waals surface area (Å²) < 4.78 is 25.1. The molecule has 0 bridgehead atoms. The highest BCUT2D eigenvalue weighted by Gasteiger charge is 2.26. The predicted molar refractivity (Wildman–Crippen MR) is 136 cm³/mol. The lowest BCUT2D eigenvalue weighted by atomic mass is 9.99. The third kappa shape index (κ3) is 4.37. The molecule has 5 rings (SSSR count). The molecule has 0 aliphatic carbocycles. The number of rotatable bonds is 6. The average Bonchev–Trinajstić information content (AvgIpc) is 2.92. The second kappa shape index (κ2) is 9.62. The van der Waals surface area contributed by atoms with Crippen LogP contribution in [0.15, 0.2) is 72.9 Å². The van der Waals surface area contributed by atoms with E-state index >= 15 is 0 Å². The molecular formula is C28H26FN3O3. The van der Waals surface area contributed by atoms with E-state index in [1.807, 2.05) is 29.2 Å². The molecule has 0 spiro atoms. The molecule has 4 aromatic rings. The highest BCUT2D eigenvalue weighted by atomic mass is 19.1. The van der Waals surface area contributed by atoms with Crippen LogP contribution in [0.5, 0.6) is 11.5 Å². The minimum atomic E-state index is -0.226. The lowest BCUT2D eigenvalue weighted by Gasteiger charge is -2.38. The van der Waals surface area contributed by atoms with Crippen molar-refractivity contribution in [3.05, 3.63) is 89.9 Å². The van der Waals surface area contributed by atoms with Crippen molar-refractivity contribution in [1.29, 1.82) is 0 Å². The summed E-state index contributed by atoms with van der Waals surface area (Å²) in [4.78, 5) is 22.5. The van der Waals surface area contributed by atoms with Crippen LogP contribution in [-0.2, 0) is 0 Å². The SMILES string of the molecule is COc1ccc(C(=O)c2cnc3ccc(OC)cc3c2N2CCN(c3ccccc3F)CC2)cc1. The van der Waals surface area contributed by atoms with E-state index in [9.17, 15) is 9.18 Å². The molecule has 0 radical (unpaired) electrons. The number of ketones is 1. The maximum atomic E-state index is 14.4. The number of fused-ring (bicyclic) bond motifs is 1. The molecule has 1 aliphatic heterocycles. The normalized spacial score (nSPS) is 13.7. The van der Waals surface area contributed by atoms with Gasteiger partial charge in [0.2, 0.25) is 0 Å². The first-order chi connectivity index (χ1) is 17.1. The quantitative estimate of drug-likeness (QED) is 0.371. The number of piperazine rings is 1. The van der Waals surface area contributed by atoms with Crippen LogP contribution in [0.2, 0.25) is 0 Å². The molecule has 1 saturated heterocycles. The Morgan fingerprint density at radius 1 is 0.857 bits per heavy atom. The van der Waals surface area contributed by atoms with Gasteiger partial charge in [-0.15, -0.1) is 0 Å². The first-order valence-corrected chi connectivity index (χ1v) is 11.5. The summed E-state index contributed by atoms with van der Waals surface area (Å²) in [5.41, 5.74) is 3.28. The Bertz CT molecular complexity index is 1370. The van der Waals surface area contributed by atoms with E-state index in [2.05, 4.69) is 9.88 Å². The van der Waals surface area contributed by atoms with Crippen molar-refractivity contribution in [3.63, 3.8) is 0 Å². The third-order valence-corrected chi connectivity index (χ3v) is 6.43. The smallest absolute Gasteiger partial charge is 0.196 e. The Morgan fingerprint density at radius 3 is 2.20 bits per heavy atom. The number of nitrogens with zero attached hydrogens (tertiary/aromatic N) is 3. The third-order valence-electron chi connectivity index (χ3n) is 6.43. The van der Waals surface area contributed by atoms with Crippen molar-refractivity contribution in [2.45, 2.75) is 0 Å². The molecule has 0 amide bonds. The van der Waals surface area contributed by atoms with Crippen LogP contribution in [-0.4, -0.2) is 51.2 Å². The summed E-state index contributed by atoms with van der Waals surface area (Å²) in [7, 11) is 3.21. The number of pyridine rings is 1. The van der Waals surface area contributed by atoms with Gasteiger partial charge in [-0.3, -0.25) is 9.78 Å². The zero-order valence-electron chi connectivity index (χ0n) is 19.7. The maximum Gasteiger partial charge on any atom is 0.196 e. The van der Waals surface area contributed by atoms with E-state index in [0.717, 1.165) is 16.6 Å². The lowest BCUT2D eigenvalue weighted by Crippen LogP contribution is -2.47. The van der Waals surface area contributed by atoms with Crippen molar-refractivity contribution in [3.8, 4) is 11.5 Å². The van der Waals surface area contributed by atoms with Crippen molar-refractivity contribution in [2.24, 2.45) is 0 Å². The zero-order chi connectivity index (χ0) is 24.4. The number of methoxy groups -OCH3 is 2. The van der Waals surface area contributed by atoms with Crippen LogP contribution in [0, 0.1) is 5.82 Å². The minimum Gasteiger partial charge on any atom is -0.497 e. The topological polar surface area (TPSA) is 54.9 Å². The second-order valence-corrected chi connectivity index (χ2v) is 8.39. The largest absolute Gasteiger partial charge is 0.497 e. The fourth-order valence-corrected chi connectivity index (χ4v) is 4.57. The molecule has 0 unspecified atom stereocenters. The number of carbonyl (C=O) groups is 1. The van der Waals surface area contributed by atoms with E-state index in [4.69, 9.17) is 9.47 Å². The Kier molecular flexibility index (Phi) is 6.23. The van der Waals surface area contributed by atoms with Crippen LogP contribution in [0.1, 0.15) is 15.9 Å². The molecule has 178 valence electrons. The van der Waals surface area contributed by atoms with Gasteiger partial charge in [0, 0.05) is 43.3 Å². The highest BCUT2D eigenvalue weighted by molar-refractivity contribution is 6.16. The van der Waals surface area contributed by atoms with Crippen LogP contribution in [0.4, 0.5) is 15.8 Å². The number of hydrogen-bond acceptors (Lipinski definition) is 6. The molecule has 1 fully saturated rings. The van der Waals surface area contributed by atoms with Crippen LogP contribution >= 0.6 is 0 Å². The Morgan fingerprint density at radius 2 is 1.51 bits per heavy atom. The van der Waals surface area contributed by atoms with Crippen molar-refractivity contribution in [2.75, 3.05) is 50.2 Å². The summed E-state index contributed by atoms with van der Waals surface area (Å²) in [5, 5.41) is 0.850. The summed E-state index contributed by atoms with van der Waals surface area (Å²) in [6.45, 7) is 2.52. The number of benzene rings is 3. The first kappa shape index (κ1) is 22.7. The molecule has 0 saturated carbocycles. The number of ether oxygens (including phenoxy) is 2. The van der Waals surface area contributed by atoms with Gasteiger partial charge in [-0.25, -0.2) is 4.39 Å². The van der Waals surface area contributed by atoms with Crippen LogP contribution in [0.25, 0.3) is 10.9 Å². The molecule has 7 heteroatoms. The standard InChI is InChI=1S/C28H26FN3O3/c1-34-20-9-7-19(8-10-20)28(33)23-18-30-25-12-11-21(35-2)17-22(25)27(23)32-15-13-31(14-16-32)26-6-4-3-5-24(26)29/h3-12,17-18H,13-16H2,1-2H3. The molecule has 0 N–H and O–H groups in total. The monoisotopic (exact) mass is 471 g/mol. The summed E-state index contributed by atoms with van der Waals surface area (Å²) in [6, 6.07) is 19.6. The van der Waals surface area contributed by atoms with Crippen LogP contribution in [0.3, 0.4) is 0 Å². The van der Waals surface area contributed by atoms with Crippen LogP contribution < -0.4 is 19.3 Å². The summed E-state index contributed by atoms with van der Waals surface area (Å²) >= 11 is 0. The van der Waals surface area contributed by atoms with E-state index in [1.54, 1.807) is 56.8 Å². The molecule has 6 nitrogen and oxygen atoms in total. The second-order valence-electron chi connectivity index (χ2n) is 8.39. The maximum absolute atomic E-state index is 14.4. The van der Waals surface area contributed by atoms with Gasteiger partial charge >= 0.3 is 0 Å². The molecule has 1 aliphatic rings. The zero-order valence-corrected chi connectivity index (χ0v) is 19.7. The number of aromatic nitrogens is 1. The Labute approximate surface area is 203 Å². The van der Waals surface area contributed by atoms with E-state index in [1.165, 1.54) is 6.07 Å². The lowest BCUT2D eigenvalue weighted by molar-refractivity contribution is 0.103. The minimum absolute atomic E-state index is 0.114. The first-order valence-electron chi connectivity index (χ1n) is 11.5. The number of carbonyl (C=O) groups excluding carboxylic acids is 1. The number of hydrogen-bond donors (Lipinski definition) is 0. The van der Waals surface area contributed by atoms with E-state index in [0.29, 0.717) is 54.5 Å². The van der Waals surface area contributed by atoms with Crippen molar-refractivity contribution >= 4 is 28.1 Å². The molecular weight excluding hydrogens is 445 g/mol. The van der Waals surface area contributed by atoms with Crippen molar-refractivity contribution in [1.82, 2.24) is 4.98 Å². The summed E-state index contributed by atoms with van der Waals surface area (Å²) in [6.07, 6.45) is 1.65.